The first-order valence-corrected chi connectivity index (χ1v) is 6.81. The summed E-state index contributed by atoms with van der Waals surface area (Å²) in [5, 5.41) is 0. The van der Waals surface area contributed by atoms with Crippen LogP contribution in [-0.2, 0) is 12.4 Å². The van der Waals surface area contributed by atoms with Gasteiger partial charge in [-0.3, -0.25) is 4.79 Å². The second-order valence-corrected chi connectivity index (χ2v) is 5.42. The molecule has 128 valence electrons. The second-order valence-electron chi connectivity index (χ2n) is 5.42. The van der Waals surface area contributed by atoms with Crippen molar-refractivity contribution in [3.05, 3.63) is 69.8 Å². The summed E-state index contributed by atoms with van der Waals surface area (Å²) >= 11 is 0. The van der Waals surface area contributed by atoms with Crippen LogP contribution in [0, 0.1) is 13.8 Å². The Bertz CT molecular complexity index is 721. The van der Waals surface area contributed by atoms with E-state index in [9.17, 15) is 31.1 Å². The number of hydrogen-bond acceptors (Lipinski definition) is 1. The van der Waals surface area contributed by atoms with Crippen molar-refractivity contribution in [1.29, 1.82) is 0 Å². The number of carbonyl (C=O) groups is 1. The topological polar surface area (TPSA) is 17.1 Å². The summed E-state index contributed by atoms with van der Waals surface area (Å²) in [6, 6.07) is 5.61. The Kier molecular flexibility index (Phi) is 4.48. The van der Waals surface area contributed by atoms with Gasteiger partial charge in [0.15, 0.2) is 5.78 Å². The summed E-state index contributed by atoms with van der Waals surface area (Å²) < 4.78 is 78.6. The third-order valence-electron chi connectivity index (χ3n) is 3.45. The van der Waals surface area contributed by atoms with Crippen LogP contribution in [0.25, 0.3) is 0 Å². The standard InChI is InChI=1S/C17H12F6O/c1-9-3-5-13(16(18,19)20)11(7-9)15(24)12-8-10(2)4-6-14(12)17(21,22)23/h3-8H,1-2H3. The predicted octanol–water partition coefficient (Wildman–Crippen LogP) is 5.57. The van der Waals surface area contributed by atoms with Gasteiger partial charge in [-0.1, -0.05) is 23.3 Å². The smallest absolute Gasteiger partial charge is 0.289 e. The van der Waals surface area contributed by atoms with Gasteiger partial charge in [-0.05, 0) is 38.1 Å². The third-order valence-corrected chi connectivity index (χ3v) is 3.45. The molecule has 0 amide bonds. The molecule has 0 aliphatic heterocycles. The van der Waals surface area contributed by atoms with Crippen LogP contribution < -0.4 is 0 Å². The summed E-state index contributed by atoms with van der Waals surface area (Å²) in [5.74, 6) is -1.30. The van der Waals surface area contributed by atoms with Crippen LogP contribution in [-0.4, -0.2) is 5.78 Å². The molecule has 0 spiro atoms. The highest BCUT2D eigenvalue weighted by Gasteiger charge is 2.39. The highest BCUT2D eigenvalue weighted by Crippen LogP contribution is 2.37. The van der Waals surface area contributed by atoms with E-state index in [2.05, 4.69) is 0 Å². The lowest BCUT2D eigenvalue weighted by Crippen LogP contribution is -2.18. The van der Waals surface area contributed by atoms with Gasteiger partial charge in [0.05, 0.1) is 11.1 Å². The largest absolute Gasteiger partial charge is 0.417 e. The Morgan fingerprint density at radius 1 is 0.708 bits per heavy atom. The molecule has 24 heavy (non-hydrogen) atoms. The van der Waals surface area contributed by atoms with E-state index in [0.29, 0.717) is 23.3 Å². The molecule has 0 aromatic heterocycles. The average Bonchev–Trinajstić information content (AvgIpc) is 2.43. The number of alkyl halides is 6. The van der Waals surface area contributed by atoms with Crippen LogP contribution in [0.15, 0.2) is 36.4 Å². The van der Waals surface area contributed by atoms with Crippen molar-refractivity contribution >= 4 is 5.78 Å². The van der Waals surface area contributed by atoms with Crippen molar-refractivity contribution < 1.29 is 31.1 Å². The molecule has 0 fully saturated rings. The molecule has 7 heteroatoms. The molecule has 0 heterocycles. The van der Waals surface area contributed by atoms with Crippen molar-refractivity contribution in [2.45, 2.75) is 26.2 Å². The minimum absolute atomic E-state index is 0.340. The maximum atomic E-state index is 13.1. The van der Waals surface area contributed by atoms with Gasteiger partial charge in [0.2, 0.25) is 0 Å². The Morgan fingerprint density at radius 2 is 1.04 bits per heavy atom. The van der Waals surface area contributed by atoms with Gasteiger partial charge in [-0.15, -0.1) is 0 Å². The normalized spacial score (nSPS) is 12.3. The first-order chi connectivity index (χ1) is 10.9. The zero-order chi connectivity index (χ0) is 18.3. The minimum Gasteiger partial charge on any atom is -0.289 e. The predicted molar refractivity (Wildman–Crippen MR) is 75.8 cm³/mol. The molecule has 2 rings (SSSR count). The zero-order valence-electron chi connectivity index (χ0n) is 12.6. The maximum Gasteiger partial charge on any atom is 0.417 e. The fraction of sp³-hybridized carbons (Fsp3) is 0.235. The number of rotatable bonds is 2. The maximum absolute atomic E-state index is 13.1. The Morgan fingerprint density at radius 3 is 1.33 bits per heavy atom. The Hall–Kier alpha value is -2.31. The summed E-state index contributed by atoms with van der Waals surface area (Å²) in [7, 11) is 0. The van der Waals surface area contributed by atoms with E-state index in [4.69, 9.17) is 0 Å². The van der Waals surface area contributed by atoms with Crippen LogP contribution in [0.4, 0.5) is 26.3 Å². The molecular formula is C17H12F6O. The third kappa shape index (κ3) is 3.60. The lowest BCUT2D eigenvalue weighted by Gasteiger charge is -2.16. The van der Waals surface area contributed by atoms with Crippen molar-refractivity contribution in [3.8, 4) is 0 Å². The van der Waals surface area contributed by atoms with Crippen molar-refractivity contribution in [2.75, 3.05) is 0 Å². The lowest BCUT2D eigenvalue weighted by atomic mass is 9.92. The zero-order valence-corrected chi connectivity index (χ0v) is 12.6. The molecule has 0 aliphatic carbocycles. The molecule has 1 nitrogen and oxygen atoms in total. The molecule has 0 atom stereocenters. The first kappa shape index (κ1) is 18.0. The molecule has 0 radical (unpaired) electrons. The van der Waals surface area contributed by atoms with E-state index in [-0.39, 0.29) is 0 Å². The average molecular weight is 346 g/mol. The monoisotopic (exact) mass is 346 g/mol. The van der Waals surface area contributed by atoms with Gasteiger partial charge in [-0.25, -0.2) is 0 Å². The fourth-order valence-corrected chi connectivity index (χ4v) is 2.33. The van der Waals surface area contributed by atoms with Gasteiger partial charge >= 0.3 is 12.4 Å². The number of aryl methyl sites for hydroxylation is 2. The van der Waals surface area contributed by atoms with Gasteiger partial charge < -0.3 is 0 Å². The minimum atomic E-state index is -4.85. The number of ketones is 1. The Labute approximate surface area is 133 Å². The number of carbonyl (C=O) groups excluding carboxylic acids is 1. The lowest BCUT2D eigenvalue weighted by molar-refractivity contribution is -0.138. The van der Waals surface area contributed by atoms with Crippen LogP contribution in [0.5, 0.6) is 0 Å². The molecule has 2 aromatic rings. The summed E-state index contributed by atoms with van der Waals surface area (Å²) in [4.78, 5) is 12.5. The van der Waals surface area contributed by atoms with Gasteiger partial charge in [0.1, 0.15) is 0 Å². The summed E-state index contributed by atoms with van der Waals surface area (Å²) in [5.41, 5.74) is -3.42. The highest BCUT2D eigenvalue weighted by molar-refractivity contribution is 6.11. The summed E-state index contributed by atoms with van der Waals surface area (Å²) in [6.07, 6.45) is -9.69. The molecule has 2 aromatic carbocycles. The van der Waals surface area contributed by atoms with Crippen molar-refractivity contribution in [2.24, 2.45) is 0 Å². The molecule has 0 bridgehead atoms. The number of halogens is 6. The SMILES string of the molecule is Cc1ccc(C(F)(F)F)c(C(=O)c2cc(C)ccc2C(F)(F)F)c1. The van der Waals surface area contributed by atoms with Crippen molar-refractivity contribution in [3.63, 3.8) is 0 Å². The van der Waals surface area contributed by atoms with E-state index >= 15 is 0 Å². The van der Waals surface area contributed by atoms with Crippen LogP contribution >= 0.6 is 0 Å². The molecular weight excluding hydrogens is 334 g/mol. The molecule has 0 aliphatic rings. The van der Waals surface area contributed by atoms with Crippen molar-refractivity contribution in [1.82, 2.24) is 0 Å². The van der Waals surface area contributed by atoms with Crippen LogP contribution in [0.3, 0.4) is 0 Å². The van der Waals surface area contributed by atoms with E-state index in [1.165, 1.54) is 13.8 Å². The van der Waals surface area contributed by atoms with Gasteiger partial charge in [0.25, 0.3) is 0 Å². The molecule has 0 saturated heterocycles. The molecule has 0 unspecified atom stereocenters. The van der Waals surface area contributed by atoms with Gasteiger partial charge in [-0.2, -0.15) is 26.3 Å². The highest BCUT2D eigenvalue weighted by atomic mass is 19.4. The van der Waals surface area contributed by atoms with Crippen LogP contribution in [0.2, 0.25) is 0 Å². The number of hydrogen-bond donors (Lipinski definition) is 0. The Balaban J connectivity index is 2.71. The molecule has 0 saturated carbocycles. The van der Waals surface area contributed by atoms with E-state index in [1.54, 1.807) is 0 Å². The van der Waals surface area contributed by atoms with E-state index in [0.717, 1.165) is 24.3 Å². The quantitative estimate of drug-likeness (QED) is 0.513. The molecule has 0 N–H and O–H groups in total. The van der Waals surface area contributed by atoms with Gasteiger partial charge in [0, 0.05) is 11.1 Å². The summed E-state index contributed by atoms with van der Waals surface area (Å²) in [6.45, 7) is 2.91. The van der Waals surface area contributed by atoms with Crippen LogP contribution in [0.1, 0.15) is 38.2 Å². The number of benzene rings is 2. The fourth-order valence-electron chi connectivity index (χ4n) is 2.33. The second kappa shape index (κ2) is 5.96. The van der Waals surface area contributed by atoms with E-state index in [1.807, 2.05) is 0 Å². The van der Waals surface area contributed by atoms with E-state index < -0.39 is 40.4 Å². The first-order valence-electron chi connectivity index (χ1n) is 6.81.